The molecule has 0 aliphatic rings. The van der Waals surface area contributed by atoms with Crippen LogP contribution in [0.1, 0.15) is 20.0 Å². The summed E-state index contributed by atoms with van der Waals surface area (Å²) in [7, 11) is 2.79. The second kappa shape index (κ2) is 5.22. The largest absolute Gasteiger partial charge is 0.465 e. The van der Waals surface area contributed by atoms with E-state index < -0.39 is 5.97 Å². The van der Waals surface area contributed by atoms with Crippen molar-refractivity contribution in [3.05, 3.63) is 10.4 Å². The average Bonchev–Trinajstić information content (AvgIpc) is 2.64. The molecule has 0 fully saturated rings. The van der Waals surface area contributed by atoms with E-state index >= 15 is 0 Å². The van der Waals surface area contributed by atoms with Gasteiger partial charge in [0.15, 0.2) is 0 Å². The van der Waals surface area contributed by atoms with E-state index in [-0.39, 0.29) is 17.2 Å². The van der Waals surface area contributed by atoms with E-state index in [0.29, 0.717) is 9.09 Å². The monoisotopic (exact) mass is 260 g/mol. The van der Waals surface area contributed by atoms with E-state index in [1.807, 2.05) is 6.26 Å². The van der Waals surface area contributed by atoms with Gasteiger partial charge in [-0.2, -0.15) is 0 Å². The molecular weight excluding hydrogens is 248 g/mol. The van der Waals surface area contributed by atoms with Crippen molar-refractivity contribution in [2.45, 2.75) is 4.21 Å². The zero-order valence-corrected chi connectivity index (χ0v) is 10.8. The molecule has 7 heteroatoms. The Morgan fingerprint density at radius 2 is 2.12 bits per heavy atom. The Hall–Kier alpha value is -1.21. The molecule has 1 rings (SSSR count). The molecule has 1 aromatic heterocycles. The molecule has 0 saturated carbocycles. The summed E-state index contributed by atoms with van der Waals surface area (Å²) in [5.74, 6) is -0.818. The van der Waals surface area contributed by atoms with E-state index in [4.69, 9.17) is 5.73 Å². The summed E-state index contributed by atoms with van der Waals surface area (Å²) < 4.78 is 5.31. The predicted molar refractivity (Wildman–Crippen MR) is 65.2 cm³/mol. The molecule has 0 unspecified atom stereocenters. The molecular formula is C9H12N2O3S2. The first-order valence-electron chi connectivity index (χ1n) is 4.33. The summed E-state index contributed by atoms with van der Waals surface area (Å²) in [6.07, 6.45) is 1.81. The summed E-state index contributed by atoms with van der Waals surface area (Å²) in [6.45, 7) is 0. The maximum absolute atomic E-state index is 11.5. The molecule has 0 aliphatic carbocycles. The lowest BCUT2D eigenvalue weighted by Crippen LogP contribution is -2.18. The molecule has 0 saturated heterocycles. The molecule has 16 heavy (non-hydrogen) atoms. The highest BCUT2D eigenvalue weighted by Gasteiger charge is 2.25. The van der Waals surface area contributed by atoms with Crippen LogP contribution in [0.25, 0.3) is 0 Å². The van der Waals surface area contributed by atoms with E-state index in [1.165, 1.54) is 37.3 Å². The van der Waals surface area contributed by atoms with E-state index in [0.717, 1.165) is 0 Å². The summed E-state index contributed by atoms with van der Waals surface area (Å²) in [5, 5.41) is 2.47. The second-order valence-corrected chi connectivity index (χ2v) is 4.88. The Morgan fingerprint density at radius 1 is 1.50 bits per heavy atom. The Bertz CT molecular complexity index is 429. The zero-order chi connectivity index (χ0) is 12.3. The van der Waals surface area contributed by atoms with Gasteiger partial charge >= 0.3 is 5.97 Å². The topological polar surface area (TPSA) is 81.4 Å². The number of methoxy groups -OCH3 is 1. The number of nitrogens with two attached hydrogens (primary N) is 1. The Morgan fingerprint density at radius 3 is 2.56 bits per heavy atom. The van der Waals surface area contributed by atoms with Crippen molar-refractivity contribution in [3.8, 4) is 0 Å². The number of nitrogen functional groups attached to an aromatic ring is 1. The minimum atomic E-state index is -0.520. The lowest BCUT2D eigenvalue weighted by Gasteiger charge is -2.00. The van der Waals surface area contributed by atoms with Crippen molar-refractivity contribution in [2.24, 2.45) is 0 Å². The van der Waals surface area contributed by atoms with Crippen LogP contribution in [-0.2, 0) is 4.74 Å². The van der Waals surface area contributed by atoms with Crippen LogP contribution in [0.15, 0.2) is 4.21 Å². The van der Waals surface area contributed by atoms with Crippen LogP contribution < -0.4 is 11.1 Å². The van der Waals surface area contributed by atoms with Crippen LogP contribution in [-0.4, -0.2) is 32.3 Å². The molecule has 1 amide bonds. The Labute approximate surface area is 101 Å². The molecule has 0 spiro atoms. The number of nitrogens with one attached hydrogen (secondary N) is 1. The van der Waals surface area contributed by atoms with Crippen LogP contribution in [0.5, 0.6) is 0 Å². The predicted octanol–water partition coefficient (Wildman–Crippen LogP) is 1.20. The lowest BCUT2D eigenvalue weighted by atomic mass is 10.2. The van der Waals surface area contributed by atoms with Crippen molar-refractivity contribution in [1.29, 1.82) is 0 Å². The van der Waals surface area contributed by atoms with Crippen molar-refractivity contribution < 1.29 is 14.3 Å². The van der Waals surface area contributed by atoms with Gasteiger partial charge in [-0.05, 0) is 6.26 Å². The highest BCUT2D eigenvalue weighted by molar-refractivity contribution is 8.00. The fourth-order valence-corrected chi connectivity index (χ4v) is 3.01. The first-order chi connectivity index (χ1) is 7.56. The van der Waals surface area contributed by atoms with Gasteiger partial charge < -0.3 is 15.8 Å². The molecule has 1 heterocycles. The van der Waals surface area contributed by atoms with Crippen LogP contribution in [0, 0.1) is 0 Å². The summed E-state index contributed by atoms with van der Waals surface area (Å²) >= 11 is 2.55. The van der Waals surface area contributed by atoms with Crippen molar-refractivity contribution >= 4 is 40.7 Å². The smallest absolute Gasteiger partial charge is 0.342 e. The molecule has 0 radical (unpaired) electrons. The number of thiophene rings is 1. The first-order valence-corrected chi connectivity index (χ1v) is 6.37. The molecule has 3 N–H and O–H groups in total. The van der Waals surface area contributed by atoms with Crippen molar-refractivity contribution in [3.63, 3.8) is 0 Å². The third kappa shape index (κ3) is 2.14. The fraction of sp³-hybridized carbons (Fsp3) is 0.333. The molecule has 0 atom stereocenters. The normalized spacial score (nSPS) is 9.94. The third-order valence-corrected chi connectivity index (χ3v) is 4.24. The molecule has 88 valence electrons. The Balaban J connectivity index is 3.32. The van der Waals surface area contributed by atoms with Gasteiger partial charge in [-0.25, -0.2) is 4.79 Å². The summed E-state index contributed by atoms with van der Waals surface area (Å²) in [6, 6.07) is 0. The second-order valence-electron chi connectivity index (χ2n) is 2.78. The number of hydrogen-bond acceptors (Lipinski definition) is 6. The number of hydrogen-bond donors (Lipinski definition) is 2. The lowest BCUT2D eigenvalue weighted by molar-refractivity contribution is 0.0599. The van der Waals surface area contributed by atoms with Crippen LogP contribution in [0.4, 0.5) is 5.69 Å². The van der Waals surface area contributed by atoms with E-state index in [1.54, 1.807) is 0 Å². The van der Waals surface area contributed by atoms with Gasteiger partial charge in [0.2, 0.25) is 0 Å². The molecule has 0 aromatic carbocycles. The minimum absolute atomic E-state index is 0.181. The quantitative estimate of drug-likeness (QED) is 0.630. The number of thioether (sulfide) groups is 1. The highest BCUT2D eigenvalue weighted by Crippen LogP contribution is 2.37. The van der Waals surface area contributed by atoms with Crippen LogP contribution in [0.3, 0.4) is 0 Å². The number of rotatable bonds is 3. The van der Waals surface area contributed by atoms with E-state index in [9.17, 15) is 9.59 Å². The summed E-state index contributed by atoms with van der Waals surface area (Å²) in [5.41, 5.74) is 6.23. The van der Waals surface area contributed by atoms with Crippen molar-refractivity contribution in [1.82, 2.24) is 5.32 Å². The fourth-order valence-electron chi connectivity index (χ4n) is 1.14. The SMILES string of the molecule is CNC(=O)c1sc(SC)c(C(=O)OC)c1N. The molecule has 1 aromatic rings. The zero-order valence-electron chi connectivity index (χ0n) is 9.12. The average molecular weight is 260 g/mol. The number of carbonyl (C=O) groups is 2. The van der Waals surface area contributed by atoms with Gasteiger partial charge in [-0.15, -0.1) is 23.1 Å². The molecule has 5 nitrogen and oxygen atoms in total. The number of ether oxygens (including phenoxy) is 1. The summed E-state index contributed by atoms with van der Waals surface area (Å²) in [4.78, 5) is 23.3. The van der Waals surface area contributed by atoms with E-state index in [2.05, 4.69) is 10.1 Å². The van der Waals surface area contributed by atoms with Gasteiger partial charge in [0.25, 0.3) is 5.91 Å². The first kappa shape index (κ1) is 12.9. The molecule has 0 aliphatic heterocycles. The standard InChI is InChI=1S/C9H12N2O3S2/c1-11-7(12)6-5(10)4(8(13)14-2)9(15-3)16-6/h10H2,1-3H3,(H,11,12). The molecule has 0 bridgehead atoms. The van der Waals surface area contributed by atoms with Gasteiger partial charge in [0, 0.05) is 7.05 Å². The minimum Gasteiger partial charge on any atom is -0.465 e. The number of amides is 1. The number of anilines is 1. The van der Waals surface area contributed by atoms with Gasteiger partial charge in [0.1, 0.15) is 10.4 Å². The van der Waals surface area contributed by atoms with Gasteiger partial charge in [0.05, 0.1) is 17.0 Å². The highest BCUT2D eigenvalue weighted by atomic mass is 32.2. The maximum atomic E-state index is 11.5. The Kier molecular flexibility index (Phi) is 4.19. The van der Waals surface area contributed by atoms with Crippen molar-refractivity contribution in [2.75, 3.05) is 26.1 Å². The maximum Gasteiger partial charge on any atom is 0.342 e. The van der Waals surface area contributed by atoms with Crippen LogP contribution in [0.2, 0.25) is 0 Å². The number of carbonyl (C=O) groups excluding carboxylic acids is 2. The van der Waals surface area contributed by atoms with Gasteiger partial charge in [-0.3, -0.25) is 4.79 Å². The third-order valence-electron chi connectivity index (χ3n) is 1.92. The number of esters is 1. The van der Waals surface area contributed by atoms with Gasteiger partial charge in [-0.1, -0.05) is 0 Å². The van der Waals surface area contributed by atoms with Crippen LogP contribution >= 0.6 is 23.1 Å².